The van der Waals surface area contributed by atoms with Crippen LogP contribution in [0, 0.1) is 0 Å². The van der Waals surface area contributed by atoms with Crippen molar-refractivity contribution in [3.8, 4) is 27.8 Å². The van der Waals surface area contributed by atoms with Gasteiger partial charge in [0.1, 0.15) is 27.8 Å². The summed E-state index contributed by atoms with van der Waals surface area (Å²) in [7, 11) is 4.70. The molecule has 1 amide bonds. The Morgan fingerprint density at radius 3 is 2.29 bits per heavy atom. The van der Waals surface area contributed by atoms with Crippen LogP contribution < -0.4 is 19.5 Å². The predicted molar refractivity (Wildman–Crippen MR) is 110 cm³/mol. The zero-order valence-corrected chi connectivity index (χ0v) is 16.8. The second kappa shape index (κ2) is 9.23. The summed E-state index contributed by atoms with van der Waals surface area (Å²) in [5.41, 5.74) is 2.27. The van der Waals surface area contributed by atoms with Crippen LogP contribution in [0.5, 0.6) is 17.2 Å². The van der Waals surface area contributed by atoms with Crippen molar-refractivity contribution in [2.24, 2.45) is 0 Å². The molecular weight excluding hydrogens is 376 g/mol. The minimum absolute atomic E-state index is 0.241. The Hall–Kier alpha value is -3.06. The van der Waals surface area contributed by atoms with E-state index in [-0.39, 0.29) is 5.91 Å². The van der Waals surface area contributed by atoms with Gasteiger partial charge in [0, 0.05) is 18.3 Å². The molecule has 2 aromatic carbocycles. The monoisotopic (exact) mass is 398 g/mol. The third kappa shape index (κ3) is 4.26. The third-order valence-electron chi connectivity index (χ3n) is 4.21. The van der Waals surface area contributed by atoms with Crippen molar-refractivity contribution in [3.63, 3.8) is 0 Å². The van der Waals surface area contributed by atoms with Gasteiger partial charge in [0.15, 0.2) is 0 Å². The number of thiazole rings is 1. The number of carbonyl (C=O) groups is 1. The van der Waals surface area contributed by atoms with E-state index in [2.05, 4.69) is 10.3 Å². The number of rotatable bonds is 8. The standard InChI is InChI=1S/C21H22N2O4S/c1-25-16-8-5-4-7-15(16)21-23-14(13-28-21)11-12-22-20(24)19-17(26-2)9-6-10-18(19)27-3/h4-10,13H,11-12H2,1-3H3,(H,22,24). The maximum atomic E-state index is 12.6. The summed E-state index contributed by atoms with van der Waals surface area (Å²) in [5.74, 6) is 1.50. The van der Waals surface area contributed by atoms with Crippen LogP contribution in [0.3, 0.4) is 0 Å². The molecule has 0 saturated carbocycles. The number of carbonyl (C=O) groups excluding carboxylic acids is 1. The lowest BCUT2D eigenvalue weighted by Gasteiger charge is -2.12. The summed E-state index contributed by atoms with van der Waals surface area (Å²) in [5, 5.41) is 5.80. The van der Waals surface area contributed by atoms with Crippen LogP contribution in [0.2, 0.25) is 0 Å². The molecule has 1 heterocycles. The van der Waals surface area contributed by atoms with Gasteiger partial charge >= 0.3 is 0 Å². The smallest absolute Gasteiger partial charge is 0.258 e. The van der Waals surface area contributed by atoms with Crippen molar-refractivity contribution >= 4 is 17.2 Å². The van der Waals surface area contributed by atoms with Crippen LogP contribution in [-0.4, -0.2) is 38.8 Å². The Morgan fingerprint density at radius 2 is 1.61 bits per heavy atom. The van der Waals surface area contributed by atoms with Gasteiger partial charge in [0.05, 0.1) is 32.6 Å². The second-order valence-corrected chi connectivity index (χ2v) is 6.75. The molecule has 0 unspecified atom stereocenters. The number of amides is 1. The predicted octanol–water partition coefficient (Wildman–Crippen LogP) is 3.81. The molecule has 3 aromatic rings. The van der Waals surface area contributed by atoms with Crippen molar-refractivity contribution in [2.45, 2.75) is 6.42 Å². The van der Waals surface area contributed by atoms with Gasteiger partial charge in [-0.3, -0.25) is 4.79 Å². The average Bonchev–Trinajstić information content (AvgIpc) is 3.21. The summed E-state index contributed by atoms with van der Waals surface area (Å²) in [4.78, 5) is 17.3. The number of nitrogens with zero attached hydrogens (tertiary/aromatic N) is 1. The Morgan fingerprint density at radius 1 is 0.964 bits per heavy atom. The molecule has 0 radical (unpaired) electrons. The van der Waals surface area contributed by atoms with Crippen LogP contribution in [0.25, 0.3) is 10.6 Å². The molecule has 6 nitrogen and oxygen atoms in total. The van der Waals surface area contributed by atoms with Gasteiger partial charge in [-0.1, -0.05) is 18.2 Å². The molecule has 28 heavy (non-hydrogen) atoms. The van der Waals surface area contributed by atoms with Crippen molar-refractivity contribution < 1.29 is 19.0 Å². The van der Waals surface area contributed by atoms with E-state index in [1.165, 1.54) is 14.2 Å². The number of hydrogen-bond donors (Lipinski definition) is 1. The van der Waals surface area contributed by atoms with Gasteiger partial charge in [0.2, 0.25) is 0 Å². The number of ether oxygens (including phenoxy) is 3. The molecule has 0 atom stereocenters. The fourth-order valence-electron chi connectivity index (χ4n) is 2.83. The second-order valence-electron chi connectivity index (χ2n) is 5.89. The lowest BCUT2D eigenvalue weighted by Crippen LogP contribution is -2.26. The van der Waals surface area contributed by atoms with Crippen LogP contribution in [0.4, 0.5) is 0 Å². The normalized spacial score (nSPS) is 10.4. The summed E-state index contributed by atoms with van der Waals surface area (Å²) in [6.07, 6.45) is 0.620. The van der Waals surface area contributed by atoms with Crippen molar-refractivity contribution in [1.82, 2.24) is 10.3 Å². The first-order chi connectivity index (χ1) is 13.7. The average molecular weight is 398 g/mol. The van der Waals surface area contributed by atoms with E-state index in [1.54, 1.807) is 36.6 Å². The maximum Gasteiger partial charge on any atom is 0.258 e. The van der Waals surface area contributed by atoms with Gasteiger partial charge in [-0.15, -0.1) is 11.3 Å². The molecule has 0 fully saturated rings. The number of aromatic nitrogens is 1. The van der Waals surface area contributed by atoms with Gasteiger partial charge in [-0.2, -0.15) is 0 Å². The Bertz CT molecular complexity index is 933. The largest absolute Gasteiger partial charge is 0.496 e. The molecule has 0 aliphatic heterocycles. The highest BCUT2D eigenvalue weighted by atomic mass is 32.1. The summed E-state index contributed by atoms with van der Waals surface area (Å²) in [6.45, 7) is 0.454. The number of benzene rings is 2. The molecule has 7 heteroatoms. The minimum atomic E-state index is -0.241. The molecule has 146 valence electrons. The first-order valence-electron chi connectivity index (χ1n) is 8.75. The van der Waals surface area contributed by atoms with E-state index in [4.69, 9.17) is 14.2 Å². The van der Waals surface area contributed by atoms with Crippen LogP contribution in [0.15, 0.2) is 47.8 Å². The fourth-order valence-corrected chi connectivity index (χ4v) is 3.72. The van der Waals surface area contributed by atoms with Gasteiger partial charge in [0.25, 0.3) is 5.91 Å². The highest BCUT2D eigenvalue weighted by Gasteiger charge is 2.18. The lowest BCUT2D eigenvalue weighted by molar-refractivity contribution is 0.0948. The molecule has 0 saturated heterocycles. The molecule has 0 aliphatic rings. The summed E-state index contributed by atoms with van der Waals surface area (Å²) < 4.78 is 16.0. The minimum Gasteiger partial charge on any atom is -0.496 e. The molecule has 0 aliphatic carbocycles. The zero-order valence-electron chi connectivity index (χ0n) is 16.0. The molecule has 0 bridgehead atoms. The Labute approximate surface area is 168 Å². The molecule has 1 aromatic heterocycles. The van der Waals surface area contributed by atoms with E-state index in [0.29, 0.717) is 30.0 Å². The van der Waals surface area contributed by atoms with Crippen LogP contribution >= 0.6 is 11.3 Å². The quantitative estimate of drug-likeness (QED) is 0.625. The topological polar surface area (TPSA) is 69.7 Å². The van der Waals surface area contributed by atoms with E-state index in [1.807, 2.05) is 29.6 Å². The fraction of sp³-hybridized carbons (Fsp3) is 0.238. The van der Waals surface area contributed by atoms with Crippen molar-refractivity contribution in [3.05, 3.63) is 59.1 Å². The van der Waals surface area contributed by atoms with Crippen LogP contribution in [-0.2, 0) is 6.42 Å². The highest BCUT2D eigenvalue weighted by Crippen LogP contribution is 2.32. The van der Waals surface area contributed by atoms with Gasteiger partial charge in [-0.25, -0.2) is 4.98 Å². The molecular formula is C21H22N2O4S. The Balaban J connectivity index is 1.65. The van der Waals surface area contributed by atoms with Crippen LogP contribution in [0.1, 0.15) is 16.1 Å². The van der Waals surface area contributed by atoms with Gasteiger partial charge < -0.3 is 19.5 Å². The number of para-hydroxylation sites is 1. The molecule has 3 rings (SSSR count). The first kappa shape index (κ1) is 19.7. The number of methoxy groups -OCH3 is 3. The number of hydrogen-bond acceptors (Lipinski definition) is 6. The SMILES string of the molecule is COc1ccccc1-c1nc(CCNC(=O)c2c(OC)cccc2OC)cs1. The molecule has 1 N–H and O–H groups in total. The third-order valence-corrected chi connectivity index (χ3v) is 5.14. The summed E-state index contributed by atoms with van der Waals surface area (Å²) >= 11 is 1.56. The van der Waals surface area contributed by atoms with Crippen molar-refractivity contribution in [2.75, 3.05) is 27.9 Å². The van der Waals surface area contributed by atoms with E-state index < -0.39 is 0 Å². The van der Waals surface area contributed by atoms with E-state index >= 15 is 0 Å². The highest BCUT2D eigenvalue weighted by molar-refractivity contribution is 7.13. The molecule has 0 spiro atoms. The lowest BCUT2D eigenvalue weighted by atomic mass is 10.1. The zero-order chi connectivity index (χ0) is 19.9. The number of nitrogens with one attached hydrogen (secondary N) is 1. The first-order valence-corrected chi connectivity index (χ1v) is 9.63. The summed E-state index contributed by atoms with van der Waals surface area (Å²) in [6, 6.07) is 13.0. The maximum absolute atomic E-state index is 12.6. The van der Waals surface area contributed by atoms with Crippen molar-refractivity contribution in [1.29, 1.82) is 0 Å². The van der Waals surface area contributed by atoms with E-state index in [9.17, 15) is 4.79 Å². The Kier molecular flexibility index (Phi) is 6.49. The van der Waals surface area contributed by atoms with Gasteiger partial charge in [-0.05, 0) is 24.3 Å². The van der Waals surface area contributed by atoms with E-state index in [0.717, 1.165) is 22.0 Å².